The highest BCUT2D eigenvalue weighted by Gasteiger charge is 1.86. The van der Waals surface area contributed by atoms with Gasteiger partial charge in [0.25, 0.3) is 0 Å². The molecule has 0 spiro atoms. The van der Waals surface area contributed by atoms with E-state index in [4.69, 9.17) is 5.53 Å². The maximum atomic E-state index is 7.81. The highest BCUT2D eigenvalue weighted by Crippen LogP contribution is 1.95. The molecule has 0 rings (SSSR count). The molecule has 0 radical (unpaired) electrons. The van der Waals surface area contributed by atoms with E-state index in [2.05, 4.69) is 23.5 Å². The van der Waals surface area contributed by atoms with Gasteiger partial charge in [0.05, 0.1) is 0 Å². The van der Waals surface area contributed by atoms with Crippen molar-refractivity contribution in [2.45, 2.75) is 19.4 Å². The Bertz CT molecular complexity index is 84.2. The van der Waals surface area contributed by atoms with Crippen LogP contribution in [-0.2, 0) is 0 Å². The van der Waals surface area contributed by atoms with E-state index in [1.165, 1.54) is 0 Å². The Morgan fingerprint density at radius 1 is 1.71 bits per heavy atom. The Morgan fingerprint density at radius 3 is 2.43 bits per heavy atom. The van der Waals surface area contributed by atoms with Crippen LogP contribution in [0.3, 0.4) is 0 Å². The van der Waals surface area contributed by atoms with Gasteiger partial charge in [0.15, 0.2) is 0 Å². The zero-order chi connectivity index (χ0) is 5.70. The first kappa shape index (κ1) is 6.53. The van der Waals surface area contributed by atoms with Crippen LogP contribution in [0, 0.1) is 0 Å². The molecule has 0 atom stereocenters. The maximum absolute atomic E-state index is 7.81. The van der Waals surface area contributed by atoms with Gasteiger partial charge in [-0.2, -0.15) is 0 Å². The minimum absolute atomic E-state index is 0.446. The number of hydrogen-bond donors (Lipinski definition) is 0. The first-order valence-electron chi connectivity index (χ1n) is 2.28. The Hall–Kier alpha value is -0.473. The van der Waals surface area contributed by atoms with E-state index in [0.29, 0.717) is 5.54 Å². The summed E-state index contributed by atoms with van der Waals surface area (Å²) in [5.41, 5.74) is 8.43. The van der Waals surface area contributed by atoms with Crippen LogP contribution in [0.15, 0.2) is 4.78 Å². The molecule has 0 aromatic heterocycles. The minimum Gasteiger partial charge on any atom is -0.132 e. The van der Waals surface area contributed by atoms with E-state index in [1.807, 2.05) is 0 Å². The van der Waals surface area contributed by atoms with Gasteiger partial charge in [-0.1, -0.05) is 19.4 Å². The van der Waals surface area contributed by atoms with Crippen LogP contribution in [0.25, 0.3) is 10.4 Å². The number of rotatable bonds is 2. The summed E-state index contributed by atoms with van der Waals surface area (Å²) in [4.78, 5) is 2.66. The Morgan fingerprint density at radius 2 is 2.29 bits per heavy atom. The van der Waals surface area contributed by atoms with Crippen LogP contribution < -0.4 is 0 Å². The molecule has 0 N–H and O–H groups in total. The quantitative estimate of drug-likeness (QED) is 0.225. The third-order valence-electron chi connectivity index (χ3n) is 0.510. The average molecular weight is 115 g/mol. The van der Waals surface area contributed by atoms with Crippen LogP contribution in [-0.4, -0.2) is 9.68 Å². The van der Waals surface area contributed by atoms with E-state index in [0.717, 1.165) is 0 Å². The molecule has 0 aliphatic carbocycles. The number of hydrogen-bond acceptors (Lipinski definition) is 1. The van der Waals surface area contributed by atoms with E-state index in [-0.39, 0.29) is 0 Å². The standard InChI is InChI=1S/C3H9N3Si/c1-3(2)7-6-5-4/h3H,7H2,1-2H3. The van der Waals surface area contributed by atoms with E-state index in [1.54, 1.807) is 0 Å². The summed E-state index contributed by atoms with van der Waals surface area (Å²) in [7, 11) is -0.446. The largest absolute Gasteiger partial charge is 0.132 e. The number of nitrogens with zero attached hydrogens (tertiary/aromatic N) is 3. The van der Waals surface area contributed by atoms with Crippen molar-refractivity contribution >= 4 is 9.68 Å². The van der Waals surface area contributed by atoms with Crippen LogP contribution in [0.4, 0.5) is 0 Å². The molecule has 0 aromatic rings. The zero-order valence-electron chi connectivity index (χ0n) is 4.63. The predicted molar refractivity (Wildman–Crippen MR) is 32.8 cm³/mol. The van der Waals surface area contributed by atoms with Crippen LogP contribution >= 0.6 is 0 Å². The first-order chi connectivity index (χ1) is 3.27. The SMILES string of the molecule is CC(C)[SiH2]N=[N+]=[N-]. The third-order valence-corrected chi connectivity index (χ3v) is 1.53. The zero-order valence-corrected chi connectivity index (χ0v) is 6.04. The van der Waals surface area contributed by atoms with Crippen LogP contribution in [0.5, 0.6) is 0 Å². The van der Waals surface area contributed by atoms with Gasteiger partial charge in [-0.05, 0) is 10.4 Å². The summed E-state index contributed by atoms with van der Waals surface area (Å²) < 4.78 is 3.49. The molecule has 7 heavy (non-hydrogen) atoms. The molecule has 0 aliphatic rings. The van der Waals surface area contributed by atoms with Gasteiger partial charge < -0.3 is 0 Å². The normalized spacial score (nSPS) is 10.1. The van der Waals surface area contributed by atoms with Gasteiger partial charge in [0, 0.05) is 0 Å². The molecule has 0 aromatic carbocycles. The summed E-state index contributed by atoms with van der Waals surface area (Å²) >= 11 is 0. The van der Waals surface area contributed by atoms with E-state index < -0.39 is 9.68 Å². The van der Waals surface area contributed by atoms with Gasteiger partial charge >= 0.3 is 0 Å². The maximum Gasteiger partial charge on any atom is 0.126 e. The van der Waals surface area contributed by atoms with Gasteiger partial charge in [0.1, 0.15) is 9.68 Å². The molecule has 0 unspecified atom stereocenters. The van der Waals surface area contributed by atoms with Crippen molar-refractivity contribution < 1.29 is 0 Å². The first-order valence-corrected chi connectivity index (χ1v) is 3.73. The smallest absolute Gasteiger partial charge is 0.126 e. The lowest BCUT2D eigenvalue weighted by Gasteiger charge is -1.89. The molecule has 0 saturated heterocycles. The predicted octanol–water partition coefficient (Wildman–Crippen LogP) is 1.21. The Kier molecular flexibility index (Phi) is 3.46. The average Bonchev–Trinajstić information content (AvgIpc) is 1.61. The highest BCUT2D eigenvalue weighted by molar-refractivity contribution is 6.34. The fraction of sp³-hybridized carbons (Fsp3) is 1.00. The summed E-state index contributed by atoms with van der Waals surface area (Å²) in [6.07, 6.45) is 0. The molecule has 0 heterocycles. The molecule has 0 fully saturated rings. The summed E-state index contributed by atoms with van der Waals surface area (Å²) in [6, 6.07) is 0. The lowest BCUT2D eigenvalue weighted by atomic mass is 10.6. The van der Waals surface area contributed by atoms with Gasteiger partial charge in [-0.3, -0.25) is 0 Å². The van der Waals surface area contributed by atoms with Gasteiger partial charge in [-0.25, -0.2) is 0 Å². The molecule has 3 nitrogen and oxygen atoms in total. The molecule has 40 valence electrons. The lowest BCUT2D eigenvalue weighted by molar-refractivity contribution is 1.05. The van der Waals surface area contributed by atoms with Crippen molar-refractivity contribution in [3.05, 3.63) is 10.4 Å². The van der Waals surface area contributed by atoms with Crippen LogP contribution in [0.1, 0.15) is 13.8 Å². The molecule has 4 heteroatoms. The molecular formula is C3H9N3Si. The van der Waals surface area contributed by atoms with Crippen molar-refractivity contribution in [1.82, 2.24) is 0 Å². The van der Waals surface area contributed by atoms with Crippen molar-refractivity contribution in [1.29, 1.82) is 0 Å². The van der Waals surface area contributed by atoms with Crippen molar-refractivity contribution in [3.8, 4) is 0 Å². The van der Waals surface area contributed by atoms with Crippen molar-refractivity contribution in [2.24, 2.45) is 4.78 Å². The summed E-state index contributed by atoms with van der Waals surface area (Å²) in [5.74, 6) is 0. The molecular weight excluding hydrogens is 106 g/mol. The number of azide groups is 1. The second-order valence-corrected chi connectivity index (χ2v) is 4.09. The monoisotopic (exact) mass is 115 g/mol. The molecule has 0 amide bonds. The second-order valence-electron chi connectivity index (χ2n) is 1.81. The van der Waals surface area contributed by atoms with Gasteiger partial charge in [0.2, 0.25) is 0 Å². The topological polar surface area (TPSA) is 48.8 Å². The fourth-order valence-corrected chi connectivity index (χ4v) is 0.599. The fourth-order valence-electron chi connectivity index (χ4n) is 0.200. The van der Waals surface area contributed by atoms with Crippen molar-refractivity contribution in [3.63, 3.8) is 0 Å². The highest BCUT2D eigenvalue weighted by atomic mass is 28.2. The lowest BCUT2D eigenvalue weighted by Crippen LogP contribution is -1.86. The summed E-state index contributed by atoms with van der Waals surface area (Å²) in [5, 5.41) is 0. The Labute approximate surface area is 45.3 Å². The van der Waals surface area contributed by atoms with E-state index in [9.17, 15) is 0 Å². The Balaban J connectivity index is 3.13. The minimum atomic E-state index is -0.446. The molecule has 0 aliphatic heterocycles. The van der Waals surface area contributed by atoms with E-state index >= 15 is 0 Å². The second kappa shape index (κ2) is 3.71. The van der Waals surface area contributed by atoms with Crippen LogP contribution in [0.2, 0.25) is 5.54 Å². The van der Waals surface area contributed by atoms with Crippen molar-refractivity contribution in [2.75, 3.05) is 0 Å². The third kappa shape index (κ3) is 5.53. The molecule has 0 saturated carbocycles. The molecule has 0 bridgehead atoms. The van der Waals surface area contributed by atoms with Gasteiger partial charge in [-0.15, -0.1) is 4.78 Å². The summed E-state index contributed by atoms with van der Waals surface area (Å²) in [6.45, 7) is 4.14.